The van der Waals surface area contributed by atoms with Gasteiger partial charge < -0.3 is 9.90 Å². The van der Waals surface area contributed by atoms with Crippen LogP contribution in [0.1, 0.15) is 45.4 Å². The molecular weight excluding hydrogens is 206 g/mol. The second kappa shape index (κ2) is 5.99. The summed E-state index contributed by atoms with van der Waals surface area (Å²) in [6.07, 6.45) is 5.32. The number of carboxylic acid groups (broad SMARTS) is 1. The molecule has 0 aromatic carbocycles. The number of Topliss-reactive ketones (excluding diaryl/α,β-unsaturated/α-hetero) is 1. The van der Waals surface area contributed by atoms with Gasteiger partial charge in [0.15, 0.2) is 0 Å². The summed E-state index contributed by atoms with van der Waals surface area (Å²) in [5.74, 6) is -0.475. The number of carbonyl (C=O) groups excluding carboxylic acids is 1. The highest BCUT2D eigenvalue weighted by molar-refractivity contribution is 5.75. The second-order valence-electron chi connectivity index (χ2n) is 4.70. The van der Waals surface area contributed by atoms with E-state index in [0.717, 1.165) is 32.1 Å². The molecule has 1 N–H and O–H groups in total. The van der Waals surface area contributed by atoms with Gasteiger partial charge in [-0.3, -0.25) is 9.69 Å². The number of hydrogen-bond acceptors (Lipinski definition) is 3. The smallest absolute Gasteiger partial charge is 0.320 e. The van der Waals surface area contributed by atoms with Gasteiger partial charge in [0.1, 0.15) is 11.8 Å². The Morgan fingerprint density at radius 3 is 2.50 bits per heavy atom. The van der Waals surface area contributed by atoms with Crippen molar-refractivity contribution in [3.63, 3.8) is 0 Å². The molecule has 2 atom stereocenters. The Balaban J connectivity index is 2.24. The number of aliphatic carboxylic acids is 1. The molecule has 4 heteroatoms. The maximum Gasteiger partial charge on any atom is 0.320 e. The minimum Gasteiger partial charge on any atom is -0.480 e. The number of hydrogen-bond donors (Lipinski definition) is 1. The first-order valence-electron chi connectivity index (χ1n) is 5.96. The van der Waals surface area contributed by atoms with E-state index in [1.54, 1.807) is 6.92 Å². The van der Waals surface area contributed by atoms with E-state index in [1.807, 2.05) is 11.9 Å². The fourth-order valence-corrected chi connectivity index (χ4v) is 2.41. The largest absolute Gasteiger partial charge is 0.480 e. The molecule has 0 radical (unpaired) electrons. The lowest BCUT2D eigenvalue weighted by Gasteiger charge is -2.22. The molecule has 0 aromatic rings. The zero-order chi connectivity index (χ0) is 12.1. The molecule has 1 saturated heterocycles. The average Bonchev–Trinajstić information content (AvgIpc) is 2.54. The van der Waals surface area contributed by atoms with Crippen LogP contribution >= 0.6 is 0 Å². The number of carboxylic acids is 1. The second-order valence-corrected chi connectivity index (χ2v) is 4.70. The molecule has 1 fully saturated rings. The van der Waals surface area contributed by atoms with Crippen LogP contribution < -0.4 is 0 Å². The highest BCUT2D eigenvalue weighted by Gasteiger charge is 2.34. The monoisotopic (exact) mass is 227 g/mol. The van der Waals surface area contributed by atoms with Crippen molar-refractivity contribution in [2.45, 2.75) is 57.5 Å². The topological polar surface area (TPSA) is 57.6 Å². The molecule has 16 heavy (non-hydrogen) atoms. The Morgan fingerprint density at radius 1 is 1.31 bits per heavy atom. The molecule has 4 nitrogen and oxygen atoms in total. The van der Waals surface area contributed by atoms with Gasteiger partial charge in [0.2, 0.25) is 0 Å². The maximum atomic E-state index is 10.9. The van der Waals surface area contributed by atoms with Crippen LogP contribution in [0.25, 0.3) is 0 Å². The van der Waals surface area contributed by atoms with Crippen LogP contribution in [0.2, 0.25) is 0 Å². The summed E-state index contributed by atoms with van der Waals surface area (Å²) in [5.41, 5.74) is 0. The Kier molecular flexibility index (Phi) is 4.93. The van der Waals surface area contributed by atoms with Crippen molar-refractivity contribution in [2.24, 2.45) is 0 Å². The molecule has 1 rings (SSSR count). The van der Waals surface area contributed by atoms with Gasteiger partial charge in [-0.2, -0.15) is 0 Å². The van der Waals surface area contributed by atoms with Gasteiger partial charge >= 0.3 is 5.97 Å². The van der Waals surface area contributed by atoms with Crippen molar-refractivity contribution in [3.8, 4) is 0 Å². The fourth-order valence-electron chi connectivity index (χ4n) is 2.41. The van der Waals surface area contributed by atoms with Gasteiger partial charge in [0.25, 0.3) is 0 Å². The predicted octanol–water partition coefficient (Wildman–Crippen LogP) is 1.68. The van der Waals surface area contributed by atoms with Gasteiger partial charge in [-0.25, -0.2) is 0 Å². The summed E-state index contributed by atoms with van der Waals surface area (Å²) < 4.78 is 0. The summed E-state index contributed by atoms with van der Waals surface area (Å²) in [4.78, 5) is 23.6. The third-order valence-corrected chi connectivity index (χ3v) is 3.44. The Bertz CT molecular complexity index is 265. The normalized spacial score (nSPS) is 25.9. The molecular formula is C12H21NO3. The summed E-state index contributed by atoms with van der Waals surface area (Å²) in [5, 5.41) is 8.96. The highest BCUT2D eigenvalue weighted by Crippen LogP contribution is 2.26. The number of rotatable bonds is 6. The van der Waals surface area contributed by atoms with Gasteiger partial charge in [0, 0.05) is 12.5 Å². The molecule has 0 saturated carbocycles. The minimum atomic E-state index is -0.714. The lowest BCUT2D eigenvalue weighted by Crippen LogP contribution is -2.37. The van der Waals surface area contributed by atoms with E-state index in [2.05, 4.69) is 0 Å². The van der Waals surface area contributed by atoms with Crippen molar-refractivity contribution in [2.75, 3.05) is 7.05 Å². The van der Waals surface area contributed by atoms with Crippen LogP contribution in [0.4, 0.5) is 0 Å². The third-order valence-electron chi connectivity index (χ3n) is 3.44. The van der Waals surface area contributed by atoms with Crippen molar-refractivity contribution in [3.05, 3.63) is 0 Å². The molecule has 0 amide bonds. The Labute approximate surface area is 96.6 Å². The van der Waals surface area contributed by atoms with Gasteiger partial charge in [-0.15, -0.1) is 0 Å². The van der Waals surface area contributed by atoms with E-state index in [0.29, 0.717) is 12.5 Å². The van der Waals surface area contributed by atoms with Crippen LogP contribution in [-0.2, 0) is 9.59 Å². The van der Waals surface area contributed by atoms with E-state index in [-0.39, 0.29) is 11.8 Å². The SMILES string of the molecule is CC(=O)CCCCC1CC[C@@H](C(=O)O)N1C. The highest BCUT2D eigenvalue weighted by atomic mass is 16.4. The van der Waals surface area contributed by atoms with E-state index in [1.165, 1.54) is 0 Å². The molecule has 1 unspecified atom stereocenters. The van der Waals surface area contributed by atoms with E-state index in [4.69, 9.17) is 5.11 Å². The van der Waals surface area contributed by atoms with Crippen LogP contribution in [0.3, 0.4) is 0 Å². The third kappa shape index (κ3) is 3.59. The first-order valence-corrected chi connectivity index (χ1v) is 5.96. The zero-order valence-corrected chi connectivity index (χ0v) is 10.1. The number of unbranched alkanes of at least 4 members (excludes halogenated alkanes) is 1. The van der Waals surface area contributed by atoms with Gasteiger partial charge in [0.05, 0.1) is 0 Å². The number of likely N-dealkylation sites (tertiary alicyclic amines) is 1. The molecule has 1 aliphatic heterocycles. The van der Waals surface area contributed by atoms with Crippen LogP contribution in [0.5, 0.6) is 0 Å². The van der Waals surface area contributed by atoms with E-state index >= 15 is 0 Å². The fraction of sp³-hybridized carbons (Fsp3) is 0.833. The van der Waals surface area contributed by atoms with Gasteiger partial charge in [-0.05, 0) is 39.7 Å². The molecule has 92 valence electrons. The van der Waals surface area contributed by atoms with E-state index < -0.39 is 5.97 Å². The molecule has 0 bridgehead atoms. The first kappa shape index (κ1) is 13.2. The quantitative estimate of drug-likeness (QED) is 0.701. The Hall–Kier alpha value is -0.900. The molecule has 0 aromatic heterocycles. The summed E-state index contributed by atoms with van der Waals surface area (Å²) in [6, 6.07) is 0.0749. The molecule has 1 aliphatic rings. The van der Waals surface area contributed by atoms with Gasteiger partial charge in [-0.1, -0.05) is 6.42 Å². The minimum absolute atomic E-state index is 0.239. The van der Waals surface area contributed by atoms with E-state index in [9.17, 15) is 9.59 Å². The summed E-state index contributed by atoms with van der Waals surface area (Å²) in [6.45, 7) is 1.61. The summed E-state index contributed by atoms with van der Waals surface area (Å²) in [7, 11) is 1.89. The lowest BCUT2D eigenvalue weighted by molar-refractivity contribution is -0.142. The zero-order valence-electron chi connectivity index (χ0n) is 10.1. The standard InChI is InChI=1S/C12H21NO3/c1-9(14)5-3-4-6-10-7-8-11(12(15)16)13(10)2/h10-11H,3-8H2,1-2H3,(H,15,16)/t10?,11-/m0/s1. The van der Waals surface area contributed by atoms with Crippen LogP contribution in [-0.4, -0.2) is 40.9 Å². The Morgan fingerprint density at radius 2 is 2.00 bits per heavy atom. The van der Waals surface area contributed by atoms with Crippen molar-refractivity contribution >= 4 is 11.8 Å². The predicted molar refractivity (Wildman–Crippen MR) is 61.4 cm³/mol. The van der Waals surface area contributed by atoms with Crippen LogP contribution in [0, 0.1) is 0 Å². The average molecular weight is 227 g/mol. The number of carbonyl (C=O) groups is 2. The molecule has 0 aliphatic carbocycles. The van der Waals surface area contributed by atoms with Crippen molar-refractivity contribution < 1.29 is 14.7 Å². The maximum absolute atomic E-state index is 10.9. The lowest BCUT2D eigenvalue weighted by atomic mass is 10.1. The van der Waals surface area contributed by atoms with Crippen molar-refractivity contribution in [1.82, 2.24) is 4.90 Å². The summed E-state index contributed by atoms with van der Waals surface area (Å²) >= 11 is 0. The molecule has 0 spiro atoms. The number of ketones is 1. The molecule has 1 heterocycles. The first-order chi connectivity index (χ1) is 7.52. The van der Waals surface area contributed by atoms with Crippen molar-refractivity contribution in [1.29, 1.82) is 0 Å². The number of likely N-dealkylation sites (N-methyl/N-ethyl adjacent to an activating group) is 1. The van der Waals surface area contributed by atoms with Crippen LogP contribution in [0.15, 0.2) is 0 Å². The number of nitrogens with zero attached hydrogens (tertiary/aromatic N) is 1.